The molecule has 13 heteroatoms. The molecule has 0 radical (unpaired) electrons. The number of amides is 1. The Balaban J connectivity index is 2.08. The van der Waals surface area contributed by atoms with Crippen LogP contribution in [0.25, 0.3) is 0 Å². The Kier molecular flexibility index (Phi) is 5.97. The lowest BCUT2D eigenvalue weighted by Crippen LogP contribution is -2.39. The Morgan fingerprint density at radius 1 is 1.32 bits per heavy atom. The molecule has 1 atom stereocenters. The van der Waals surface area contributed by atoms with E-state index in [0.29, 0.717) is 19.5 Å². The number of alkyl halides is 3. The lowest BCUT2D eigenvalue weighted by atomic mass is 10.2. The Morgan fingerprint density at radius 3 is 2.54 bits per heavy atom. The summed E-state index contributed by atoms with van der Waals surface area (Å²) in [5.74, 6) is -0.790. The minimum Gasteiger partial charge on any atom is -0.444 e. The van der Waals surface area contributed by atoms with Crippen LogP contribution >= 0.6 is 0 Å². The van der Waals surface area contributed by atoms with Crippen molar-refractivity contribution in [2.75, 3.05) is 25.0 Å². The van der Waals surface area contributed by atoms with Gasteiger partial charge in [0.05, 0.1) is 6.04 Å². The first-order valence-electron chi connectivity index (χ1n) is 8.24. The highest BCUT2D eigenvalue weighted by Gasteiger charge is 2.49. The summed E-state index contributed by atoms with van der Waals surface area (Å²) in [5.41, 5.74) is -6.21. The Labute approximate surface area is 160 Å². The van der Waals surface area contributed by atoms with Gasteiger partial charge in [0.15, 0.2) is 0 Å². The highest BCUT2D eigenvalue weighted by molar-refractivity contribution is 7.87. The molecule has 0 aromatic carbocycles. The number of hydrogen-bond acceptors (Lipinski definition) is 8. The second kappa shape index (κ2) is 7.60. The van der Waals surface area contributed by atoms with Crippen LogP contribution in [-0.4, -0.2) is 66.7 Å². The summed E-state index contributed by atoms with van der Waals surface area (Å²) in [5, 5.41) is 0. The monoisotopic (exact) mass is 426 g/mol. The molecule has 0 N–H and O–H groups in total. The van der Waals surface area contributed by atoms with Crippen LogP contribution in [0.2, 0.25) is 0 Å². The minimum absolute atomic E-state index is 0.0362. The smallest absolute Gasteiger partial charge is 0.444 e. The van der Waals surface area contributed by atoms with Gasteiger partial charge in [0.2, 0.25) is 11.8 Å². The molecule has 1 aliphatic heterocycles. The lowest BCUT2D eigenvalue weighted by molar-refractivity contribution is -0.0501. The van der Waals surface area contributed by atoms with Gasteiger partial charge in [-0.3, -0.25) is 0 Å². The zero-order valence-electron chi connectivity index (χ0n) is 15.7. The van der Waals surface area contributed by atoms with Crippen LogP contribution in [0, 0.1) is 0 Å². The number of carbonyl (C=O) groups excluding carboxylic acids is 1. The standard InChI is InChI=1S/C15H21F3N4O5S/c1-14(2,3)26-13(23)22-8-6-10(9-22)21(4)12-19-7-5-11(20-12)27-28(24,25)15(16,17)18/h5,7,10H,6,8-9H2,1-4H3. The molecular weight excluding hydrogens is 405 g/mol. The average Bonchev–Trinajstić information content (AvgIpc) is 3.01. The molecule has 0 bridgehead atoms. The summed E-state index contributed by atoms with van der Waals surface area (Å²) in [6.45, 7) is 5.96. The van der Waals surface area contributed by atoms with Gasteiger partial charge in [0.25, 0.3) is 0 Å². The summed E-state index contributed by atoms with van der Waals surface area (Å²) >= 11 is 0. The number of likely N-dealkylation sites (N-methyl/N-ethyl adjacent to an activating group) is 1. The second-order valence-corrected chi connectivity index (χ2v) is 8.70. The van der Waals surface area contributed by atoms with Crippen LogP contribution in [-0.2, 0) is 14.9 Å². The number of anilines is 1. The SMILES string of the molecule is CN(c1nccc(OS(=O)(=O)C(F)(F)F)n1)C1CCN(C(=O)OC(C)(C)C)C1. The molecule has 0 spiro atoms. The summed E-state index contributed by atoms with van der Waals surface area (Å²) in [6.07, 6.45) is 1.16. The van der Waals surface area contributed by atoms with Crippen molar-refractivity contribution < 1.29 is 35.3 Å². The van der Waals surface area contributed by atoms with E-state index in [0.717, 1.165) is 12.3 Å². The van der Waals surface area contributed by atoms with E-state index in [1.165, 1.54) is 9.80 Å². The predicted octanol–water partition coefficient (Wildman–Crippen LogP) is 2.15. The lowest BCUT2D eigenvalue weighted by Gasteiger charge is -2.26. The van der Waals surface area contributed by atoms with Crippen LogP contribution in [0.5, 0.6) is 5.88 Å². The topological polar surface area (TPSA) is 102 Å². The molecule has 1 aromatic rings. The number of likely N-dealkylation sites (tertiary alicyclic amines) is 1. The van der Waals surface area contributed by atoms with E-state index in [-0.39, 0.29) is 12.0 Å². The largest absolute Gasteiger partial charge is 0.534 e. The van der Waals surface area contributed by atoms with Crippen molar-refractivity contribution in [3.05, 3.63) is 12.3 Å². The van der Waals surface area contributed by atoms with E-state index >= 15 is 0 Å². The number of nitrogens with zero attached hydrogens (tertiary/aromatic N) is 4. The number of hydrogen-bond donors (Lipinski definition) is 0. The summed E-state index contributed by atoms with van der Waals surface area (Å²) in [6, 6.07) is 0.671. The zero-order chi connectivity index (χ0) is 21.3. The maximum Gasteiger partial charge on any atom is 0.534 e. The van der Waals surface area contributed by atoms with Crippen LogP contribution < -0.4 is 9.08 Å². The quantitative estimate of drug-likeness (QED) is 0.533. The number of ether oxygens (including phenoxy) is 1. The van der Waals surface area contributed by atoms with Gasteiger partial charge in [-0.15, -0.1) is 0 Å². The summed E-state index contributed by atoms with van der Waals surface area (Å²) < 4.78 is 68.9. The van der Waals surface area contributed by atoms with E-state index < -0.39 is 33.2 Å². The molecule has 0 aliphatic carbocycles. The third-order valence-electron chi connectivity index (χ3n) is 3.77. The summed E-state index contributed by atoms with van der Waals surface area (Å²) in [4.78, 5) is 22.8. The number of aromatic nitrogens is 2. The molecule has 1 unspecified atom stereocenters. The van der Waals surface area contributed by atoms with Gasteiger partial charge in [-0.25, -0.2) is 9.78 Å². The predicted molar refractivity (Wildman–Crippen MR) is 92.2 cm³/mol. The van der Waals surface area contributed by atoms with Crippen LogP contribution in [0.1, 0.15) is 27.2 Å². The van der Waals surface area contributed by atoms with Gasteiger partial charge in [0.1, 0.15) is 5.60 Å². The fourth-order valence-corrected chi connectivity index (χ4v) is 2.83. The molecular formula is C15H21F3N4O5S. The van der Waals surface area contributed by atoms with Crippen molar-refractivity contribution in [2.24, 2.45) is 0 Å². The first-order chi connectivity index (χ1) is 12.7. The van der Waals surface area contributed by atoms with E-state index in [1.54, 1.807) is 27.8 Å². The van der Waals surface area contributed by atoms with Gasteiger partial charge >= 0.3 is 21.7 Å². The first-order valence-corrected chi connectivity index (χ1v) is 9.65. The Morgan fingerprint density at radius 2 is 1.96 bits per heavy atom. The van der Waals surface area contributed by atoms with Crippen LogP contribution in [0.3, 0.4) is 0 Å². The second-order valence-electron chi connectivity index (χ2n) is 7.16. The van der Waals surface area contributed by atoms with Gasteiger partial charge < -0.3 is 18.7 Å². The van der Waals surface area contributed by atoms with Gasteiger partial charge in [-0.05, 0) is 27.2 Å². The molecule has 2 heterocycles. The normalized spacial score (nSPS) is 18.1. The number of halogens is 3. The van der Waals surface area contributed by atoms with E-state index in [1.807, 2.05) is 0 Å². The van der Waals surface area contributed by atoms with Crippen LogP contribution in [0.15, 0.2) is 12.3 Å². The van der Waals surface area contributed by atoms with Gasteiger partial charge in [-0.2, -0.15) is 26.6 Å². The maximum atomic E-state index is 12.4. The molecule has 0 saturated carbocycles. The van der Waals surface area contributed by atoms with E-state index in [2.05, 4.69) is 14.2 Å². The molecule has 2 rings (SSSR count). The number of rotatable bonds is 4. The molecule has 1 fully saturated rings. The van der Waals surface area contributed by atoms with Gasteiger partial charge in [-0.1, -0.05) is 0 Å². The molecule has 158 valence electrons. The summed E-state index contributed by atoms with van der Waals surface area (Å²) in [7, 11) is -4.24. The molecule has 9 nitrogen and oxygen atoms in total. The van der Waals surface area contributed by atoms with Crippen molar-refractivity contribution in [2.45, 2.75) is 44.3 Å². The van der Waals surface area contributed by atoms with E-state index in [4.69, 9.17) is 4.74 Å². The molecule has 1 aliphatic rings. The highest BCUT2D eigenvalue weighted by Crippen LogP contribution is 2.27. The molecule has 1 aromatic heterocycles. The zero-order valence-corrected chi connectivity index (χ0v) is 16.5. The van der Waals surface area contributed by atoms with Crippen LogP contribution in [0.4, 0.5) is 23.9 Å². The van der Waals surface area contributed by atoms with Crippen molar-refractivity contribution in [3.8, 4) is 5.88 Å². The van der Waals surface area contributed by atoms with Gasteiger partial charge in [0, 0.05) is 32.4 Å². The Hall–Kier alpha value is -2.31. The van der Waals surface area contributed by atoms with E-state index in [9.17, 15) is 26.4 Å². The molecule has 1 saturated heterocycles. The minimum atomic E-state index is -5.83. The third-order valence-corrected chi connectivity index (χ3v) is 4.73. The number of carbonyl (C=O) groups is 1. The van der Waals surface area contributed by atoms with Crippen molar-refractivity contribution in [1.82, 2.24) is 14.9 Å². The third kappa shape index (κ3) is 5.36. The average molecular weight is 426 g/mol. The van der Waals surface area contributed by atoms with Crippen molar-refractivity contribution in [3.63, 3.8) is 0 Å². The Bertz CT molecular complexity index is 826. The fraction of sp³-hybridized carbons (Fsp3) is 0.667. The molecule has 1 amide bonds. The van der Waals surface area contributed by atoms with Crippen molar-refractivity contribution >= 4 is 22.2 Å². The molecule has 28 heavy (non-hydrogen) atoms. The first kappa shape index (κ1) is 22.0. The van der Waals surface area contributed by atoms with Crippen molar-refractivity contribution in [1.29, 1.82) is 0 Å². The fourth-order valence-electron chi connectivity index (χ4n) is 2.42. The maximum absolute atomic E-state index is 12.4. The highest BCUT2D eigenvalue weighted by atomic mass is 32.2.